The van der Waals surface area contributed by atoms with Gasteiger partial charge in [0.15, 0.2) is 0 Å². The number of rotatable bonds is 20. The number of carbonyl (C=O) groups is 5. The molecule has 192 valence electrons. The van der Waals surface area contributed by atoms with Crippen molar-refractivity contribution in [3.05, 3.63) is 12.2 Å². The fourth-order valence-corrected chi connectivity index (χ4v) is 3.69. The van der Waals surface area contributed by atoms with Crippen LogP contribution in [0.3, 0.4) is 0 Å². The van der Waals surface area contributed by atoms with Crippen molar-refractivity contribution < 1.29 is 34.2 Å². The van der Waals surface area contributed by atoms with Crippen LogP contribution in [0.4, 0.5) is 0 Å². The van der Waals surface area contributed by atoms with E-state index in [1.165, 1.54) is 12.2 Å². The molecule has 0 aromatic carbocycles. The fourth-order valence-electron chi connectivity index (χ4n) is 3.69. The summed E-state index contributed by atoms with van der Waals surface area (Å²) in [7, 11) is 0. The standard InChI is InChI=1S/C23H38N4O7/c1-2-12-25(17-22(31)32)15-16-26(18-23(33)34)13-7-5-3-4-6-11-24-19(28)10-14-27-20(29)8-9-21(27)30/h8-9H,2-7,10-18H2,1H3,(H,24,28)(H,31,32)(H,33,34). The molecule has 0 bridgehead atoms. The number of carboxylic acid groups (broad SMARTS) is 2. The van der Waals surface area contributed by atoms with Crippen molar-refractivity contribution >= 4 is 29.7 Å². The van der Waals surface area contributed by atoms with Gasteiger partial charge >= 0.3 is 11.9 Å². The highest BCUT2D eigenvalue weighted by atomic mass is 16.4. The summed E-state index contributed by atoms with van der Waals surface area (Å²) in [6.45, 7) is 4.80. The van der Waals surface area contributed by atoms with Gasteiger partial charge in [-0.1, -0.05) is 26.2 Å². The molecule has 0 atom stereocenters. The number of hydrogen-bond donors (Lipinski definition) is 3. The fraction of sp³-hybridized carbons (Fsp3) is 0.696. The van der Waals surface area contributed by atoms with Gasteiger partial charge in [0.25, 0.3) is 11.8 Å². The van der Waals surface area contributed by atoms with Gasteiger partial charge < -0.3 is 15.5 Å². The maximum atomic E-state index is 11.9. The summed E-state index contributed by atoms with van der Waals surface area (Å²) in [5.41, 5.74) is 0. The number of aliphatic carboxylic acids is 2. The molecule has 1 aliphatic heterocycles. The molecule has 3 amide bonds. The first-order valence-corrected chi connectivity index (χ1v) is 11.9. The number of nitrogens with one attached hydrogen (secondary N) is 1. The number of hydrogen-bond acceptors (Lipinski definition) is 7. The lowest BCUT2D eigenvalue weighted by molar-refractivity contribution is -0.140. The van der Waals surface area contributed by atoms with Gasteiger partial charge in [0.2, 0.25) is 5.91 Å². The van der Waals surface area contributed by atoms with Gasteiger partial charge in [-0.05, 0) is 32.4 Å². The van der Waals surface area contributed by atoms with Crippen molar-refractivity contribution in [2.45, 2.75) is 51.9 Å². The topological polar surface area (TPSA) is 148 Å². The van der Waals surface area contributed by atoms with Crippen LogP contribution >= 0.6 is 0 Å². The summed E-state index contributed by atoms with van der Waals surface area (Å²) in [4.78, 5) is 61.6. The molecule has 0 saturated heterocycles. The van der Waals surface area contributed by atoms with Gasteiger partial charge in [-0.3, -0.25) is 38.7 Å². The summed E-state index contributed by atoms with van der Waals surface area (Å²) in [6, 6.07) is 0. The molecule has 0 aromatic rings. The third kappa shape index (κ3) is 13.0. The van der Waals surface area contributed by atoms with Gasteiger partial charge in [-0.15, -0.1) is 0 Å². The van der Waals surface area contributed by atoms with Crippen molar-refractivity contribution in [2.24, 2.45) is 0 Å². The SMILES string of the molecule is CCCN(CCN(CCCCCCCNC(=O)CCN1C(=O)C=CC1=O)CC(=O)O)CC(=O)O. The van der Waals surface area contributed by atoms with E-state index in [2.05, 4.69) is 5.32 Å². The van der Waals surface area contributed by atoms with E-state index in [4.69, 9.17) is 10.2 Å². The molecule has 1 heterocycles. The molecule has 34 heavy (non-hydrogen) atoms. The minimum atomic E-state index is -0.897. The smallest absolute Gasteiger partial charge is 0.317 e. The van der Waals surface area contributed by atoms with Gasteiger partial charge in [0.05, 0.1) is 13.1 Å². The largest absolute Gasteiger partial charge is 0.480 e. The number of nitrogens with zero attached hydrogens (tertiary/aromatic N) is 3. The number of imide groups is 1. The van der Waals surface area contributed by atoms with Gasteiger partial charge in [0, 0.05) is 44.8 Å². The second kappa shape index (κ2) is 16.8. The van der Waals surface area contributed by atoms with Crippen LogP contribution in [0.15, 0.2) is 12.2 Å². The number of amides is 3. The number of unbranched alkanes of at least 4 members (excludes halogenated alkanes) is 4. The minimum Gasteiger partial charge on any atom is -0.480 e. The van der Waals surface area contributed by atoms with Crippen molar-refractivity contribution in [2.75, 3.05) is 52.4 Å². The molecule has 0 unspecified atom stereocenters. The Balaban J connectivity index is 2.14. The normalized spacial score (nSPS) is 13.3. The van der Waals surface area contributed by atoms with E-state index >= 15 is 0 Å². The van der Waals surface area contributed by atoms with E-state index in [0.29, 0.717) is 32.7 Å². The molecule has 0 aliphatic carbocycles. The van der Waals surface area contributed by atoms with Crippen LogP contribution in [0, 0.1) is 0 Å². The zero-order chi connectivity index (χ0) is 25.3. The lowest BCUT2D eigenvalue weighted by atomic mass is 10.1. The number of carbonyl (C=O) groups excluding carboxylic acids is 3. The Hall–Kier alpha value is -2.79. The van der Waals surface area contributed by atoms with Crippen LogP contribution in [0.1, 0.15) is 51.9 Å². The van der Waals surface area contributed by atoms with Crippen LogP contribution < -0.4 is 5.32 Å². The summed E-state index contributed by atoms with van der Waals surface area (Å²) in [6.07, 6.45) is 7.79. The first kappa shape index (κ1) is 29.2. The Morgan fingerprint density at radius 1 is 0.824 bits per heavy atom. The van der Waals surface area contributed by atoms with Crippen LogP contribution in [0.25, 0.3) is 0 Å². The summed E-state index contributed by atoms with van der Waals surface area (Å²) >= 11 is 0. The molecule has 11 heteroatoms. The average molecular weight is 483 g/mol. The van der Waals surface area contributed by atoms with E-state index in [-0.39, 0.29) is 32.0 Å². The van der Waals surface area contributed by atoms with Crippen LogP contribution in [0.2, 0.25) is 0 Å². The molecule has 11 nitrogen and oxygen atoms in total. The highest BCUT2D eigenvalue weighted by Crippen LogP contribution is 2.06. The molecule has 0 fully saturated rings. The second-order valence-corrected chi connectivity index (χ2v) is 8.37. The zero-order valence-corrected chi connectivity index (χ0v) is 20.0. The Bertz CT molecular complexity index is 708. The van der Waals surface area contributed by atoms with Crippen LogP contribution in [-0.2, 0) is 24.0 Å². The Morgan fingerprint density at radius 2 is 1.35 bits per heavy atom. The summed E-state index contributed by atoms with van der Waals surface area (Å²) in [5.74, 6) is -2.76. The molecule has 3 N–H and O–H groups in total. The molecule has 1 aliphatic rings. The molecule has 0 saturated carbocycles. The van der Waals surface area contributed by atoms with E-state index in [9.17, 15) is 24.0 Å². The van der Waals surface area contributed by atoms with Crippen molar-refractivity contribution in [1.29, 1.82) is 0 Å². The van der Waals surface area contributed by atoms with Crippen molar-refractivity contribution in [3.8, 4) is 0 Å². The first-order valence-electron chi connectivity index (χ1n) is 11.9. The maximum absolute atomic E-state index is 11.9. The van der Waals surface area contributed by atoms with Gasteiger partial charge in [-0.25, -0.2) is 0 Å². The average Bonchev–Trinajstić information content (AvgIpc) is 3.08. The zero-order valence-electron chi connectivity index (χ0n) is 20.0. The van der Waals surface area contributed by atoms with E-state index in [1.807, 2.05) is 16.7 Å². The van der Waals surface area contributed by atoms with Crippen molar-refractivity contribution in [1.82, 2.24) is 20.0 Å². The molecule has 0 aromatic heterocycles. The molecule has 0 radical (unpaired) electrons. The number of carboxylic acids is 2. The molecule has 0 spiro atoms. The predicted octanol–water partition coefficient (Wildman–Crippen LogP) is 0.551. The summed E-state index contributed by atoms with van der Waals surface area (Å²) < 4.78 is 0. The van der Waals surface area contributed by atoms with E-state index < -0.39 is 23.8 Å². The van der Waals surface area contributed by atoms with Gasteiger partial charge in [0.1, 0.15) is 0 Å². The Labute approximate surface area is 200 Å². The molecular formula is C23H38N4O7. The monoisotopic (exact) mass is 482 g/mol. The predicted molar refractivity (Wildman–Crippen MR) is 125 cm³/mol. The minimum absolute atomic E-state index is 0.0446. The Morgan fingerprint density at radius 3 is 1.91 bits per heavy atom. The van der Waals surface area contributed by atoms with Crippen LogP contribution in [-0.4, -0.2) is 107 Å². The van der Waals surface area contributed by atoms with E-state index in [0.717, 1.165) is 43.4 Å². The van der Waals surface area contributed by atoms with Crippen LogP contribution in [0.5, 0.6) is 0 Å². The van der Waals surface area contributed by atoms with Gasteiger partial charge in [-0.2, -0.15) is 0 Å². The summed E-state index contributed by atoms with van der Waals surface area (Å²) in [5, 5.41) is 20.9. The highest BCUT2D eigenvalue weighted by Gasteiger charge is 2.23. The third-order valence-electron chi connectivity index (χ3n) is 5.43. The Kier molecular flexibility index (Phi) is 14.4. The van der Waals surface area contributed by atoms with Crippen molar-refractivity contribution in [3.63, 3.8) is 0 Å². The lowest BCUT2D eigenvalue weighted by Crippen LogP contribution is -2.40. The first-order chi connectivity index (χ1) is 16.2. The molecule has 1 rings (SSSR count). The van der Waals surface area contributed by atoms with E-state index in [1.54, 1.807) is 0 Å². The third-order valence-corrected chi connectivity index (χ3v) is 5.43. The maximum Gasteiger partial charge on any atom is 0.317 e. The molecular weight excluding hydrogens is 444 g/mol. The second-order valence-electron chi connectivity index (χ2n) is 8.37. The highest BCUT2D eigenvalue weighted by molar-refractivity contribution is 6.13. The quantitative estimate of drug-likeness (QED) is 0.167. The lowest BCUT2D eigenvalue weighted by Gasteiger charge is -2.25.